The van der Waals surface area contributed by atoms with E-state index in [1.165, 1.54) is 76.1 Å². The Morgan fingerprint density at radius 3 is 1.06 bits per heavy atom. The van der Waals surface area contributed by atoms with Gasteiger partial charge in [0.1, 0.15) is 0 Å². The minimum Gasteiger partial charge on any atom is -0.310 e. The number of hydrogen-bond acceptors (Lipinski definition) is 2. The third-order valence-corrected chi connectivity index (χ3v) is 12.5. The molecule has 12 aromatic rings. The molecule has 0 radical (unpaired) electrons. The van der Waals surface area contributed by atoms with E-state index in [0.717, 1.165) is 34.1 Å². The molecular formula is C60H40N2. The highest BCUT2D eigenvalue weighted by Gasteiger charge is 2.20. The lowest BCUT2D eigenvalue weighted by molar-refractivity contribution is 1.30. The van der Waals surface area contributed by atoms with E-state index in [1.54, 1.807) is 0 Å². The second-order valence-electron chi connectivity index (χ2n) is 16.1. The van der Waals surface area contributed by atoms with Crippen molar-refractivity contribution in [2.75, 3.05) is 9.80 Å². The van der Waals surface area contributed by atoms with E-state index in [1.807, 2.05) is 0 Å². The molecule has 0 unspecified atom stereocenters. The molecule has 12 aromatic carbocycles. The summed E-state index contributed by atoms with van der Waals surface area (Å²) in [5.41, 5.74) is 11.6. The summed E-state index contributed by atoms with van der Waals surface area (Å²) in [5, 5.41) is 12.5. The maximum absolute atomic E-state index is 2.39. The molecule has 2 nitrogen and oxygen atoms in total. The standard InChI is InChI=1S/C60H40N2/c1-3-21-47(22-4-1)61(57-29-13-17-41-15-7-9-27-53(41)57)49-25-11-19-45(39-49)51-35-31-43-34-38-56-52(36-32-44-33-37-55(51)59(43)60(44)56)46-20-12-26-50(40-46)62(48-23-5-2-6-24-48)58-30-14-18-42-16-8-10-28-54(42)58/h1-40H. The normalized spacial score (nSPS) is 11.5. The third-order valence-electron chi connectivity index (χ3n) is 12.5. The predicted molar refractivity (Wildman–Crippen MR) is 265 cm³/mol. The van der Waals surface area contributed by atoms with Gasteiger partial charge in [-0.05, 0) is 126 Å². The van der Waals surface area contributed by atoms with Crippen molar-refractivity contribution >= 4 is 88.0 Å². The van der Waals surface area contributed by atoms with Crippen LogP contribution in [0, 0.1) is 0 Å². The number of rotatable bonds is 8. The summed E-state index contributed by atoms with van der Waals surface area (Å²) in [6.45, 7) is 0. The van der Waals surface area contributed by atoms with Gasteiger partial charge in [-0.1, -0.05) is 182 Å². The zero-order chi connectivity index (χ0) is 41.0. The van der Waals surface area contributed by atoms with Gasteiger partial charge in [0, 0.05) is 33.5 Å². The molecule has 0 amide bonds. The van der Waals surface area contributed by atoms with Crippen LogP contribution in [-0.2, 0) is 0 Å². The number of anilines is 6. The maximum atomic E-state index is 2.39. The van der Waals surface area contributed by atoms with Crippen molar-refractivity contribution in [2.45, 2.75) is 0 Å². The molecule has 0 heterocycles. The summed E-state index contributed by atoms with van der Waals surface area (Å²) in [6, 6.07) is 88.5. The maximum Gasteiger partial charge on any atom is 0.0540 e. The average Bonchev–Trinajstić information content (AvgIpc) is 3.34. The Balaban J connectivity index is 1.00. The summed E-state index contributed by atoms with van der Waals surface area (Å²) >= 11 is 0. The molecule has 62 heavy (non-hydrogen) atoms. The molecule has 12 rings (SSSR count). The van der Waals surface area contributed by atoms with Crippen molar-refractivity contribution < 1.29 is 0 Å². The molecule has 0 bridgehead atoms. The summed E-state index contributed by atoms with van der Waals surface area (Å²) in [7, 11) is 0. The van der Waals surface area contributed by atoms with E-state index in [0.29, 0.717) is 0 Å². The van der Waals surface area contributed by atoms with E-state index in [-0.39, 0.29) is 0 Å². The number of para-hydroxylation sites is 2. The van der Waals surface area contributed by atoms with Gasteiger partial charge >= 0.3 is 0 Å². The molecule has 0 aliphatic heterocycles. The Morgan fingerprint density at radius 1 is 0.226 bits per heavy atom. The van der Waals surface area contributed by atoms with E-state index in [4.69, 9.17) is 0 Å². The predicted octanol–water partition coefficient (Wildman–Crippen LogP) is 17.2. The molecule has 0 aliphatic carbocycles. The lowest BCUT2D eigenvalue weighted by Crippen LogP contribution is -2.10. The molecule has 0 spiro atoms. The monoisotopic (exact) mass is 788 g/mol. The van der Waals surface area contributed by atoms with Gasteiger partial charge in [0.2, 0.25) is 0 Å². The van der Waals surface area contributed by atoms with Crippen molar-refractivity contribution in [3.8, 4) is 22.3 Å². The second-order valence-corrected chi connectivity index (χ2v) is 16.1. The van der Waals surface area contributed by atoms with Crippen molar-refractivity contribution in [3.05, 3.63) is 243 Å². The van der Waals surface area contributed by atoms with E-state index < -0.39 is 0 Å². The zero-order valence-electron chi connectivity index (χ0n) is 34.0. The van der Waals surface area contributed by atoms with Crippen LogP contribution in [0.4, 0.5) is 34.1 Å². The van der Waals surface area contributed by atoms with Crippen molar-refractivity contribution in [3.63, 3.8) is 0 Å². The molecule has 0 aliphatic rings. The van der Waals surface area contributed by atoms with Gasteiger partial charge in [-0.15, -0.1) is 0 Å². The van der Waals surface area contributed by atoms with Gasteiger partial charge in [-0.25, -0.2) is 0 Å². The molecule has 0 atom stereocenters. The van der Waals surface area contributed by atoms with Gasteiger partial charge in [-0.2, -0.15) is 0 Å². The topological polar surface area (TPSA) is 6.48 Å². The first-order valence-electron chi connectivity index (χ1n) is 21.3. The molecular weight excluding hydrogens is 749 g/mol. The summed E-state index contributed by atoms with van der Waals surface area (Å²) in [5.74, 6) is 0. The number of hydrogen-bond donors (Lipinski definition) is 0. The first kappa shape index (κ1) is 35.7. The van der Waals surface area contributed by atoms with Crippen LogP contribution in [0.2, 0.25) is 0 Å². The van der Waals surface area contributed by atoms with Crippen LogP contribution in [0.25, 0.3) is 76.1 Å². The Bertz CT molecular complexity index is 3340. The molecule has 290 valence electrons. The lowest BCUT2D eigenvalue weighted by atomic mass is 9.87. The average molecular weight is 789 g/mol. The minimum atomic E-state index is 1.12. The fourth-order valence-corrected chi connectivity index (χ4v) is 9.74. The first-order valence-corrected chi connectivity index (χ1v) is 21.3. The smallest absolute Gasteiger partial charge is 0.0540 e. The minimum absolute atomic E-state index is 1.12. The number of benzene rings is 12. The van der Waals surface area contributed by atoms with Crippen LogP contribution in [0.3, 0.4) is 0 Å². The lowest BCUT2D eigenvalue weighted by Gasteiger charge is -2.27. The Morgan fingerprint density at radius 2 is 0.597 bits per heavy atom. The second kappa shape index (κ2) is 14.8. The molecule has 0 saturated carbocycles. The molecule has 0 saturated heterocycles. The van der Waals surface area contributed by atoms with Gasteiger partial charge in [0.15, 0.2) is 0 Å². The molecule has 0 N–H and O–H groups in total. The molecule has 0 aromatic heterocycles. The van der Waals surface area contributed by atoms with Crippen molar-refractivity contribution in [2.24, 2.45) is 0 Å². The van der Waals surface area contributed by atoms with Crippen molar-refractivity contribution in [1.82, 2.24) is 0 Å². The van der Waals surface area contributed by atoms with Crippen molar-refractivity contribution in [1.29, 1.82) is 0 Å². The Hall–Kier alpha value is -8.20. The number of nitrogens with zero attached hydrogens (tertiary/aromatic N) is 2. The van der Waals surface area contributed by atoms with Crippen LogP contribution in [0.1, 0.15) is 0 Å². The Kier molecular flexibility index (Phi) is 8.53. The van der Waals surface area contributed by atoms with Crippen LogP contribution < -0.4 is 9.80 Å². The zero-order valence-corrected chi connectivity index (χ0v) is 34.0. The van der Waals surface area contributed by atoms with Crippen LogP contribution in [0.15, 0.2) is 243 Å². The van der Waals surface area contributed by atoms with E-state index in [9.17, 15) is 0 Å². The van der Waals surface area contributed by atoms with Crippen LogP contribution >= 0.6 is 0 Å². The fraction of sp³-hybridized carbons (Fsp3) is 0. The van der Waals surface area contributed by atoms with Crippen LogP contribution in [-0.4, -0.2) is 0 Å². The summed E-state index contributed by atoms with van der Waals surface area (Å²) in [6.07, 6.45) is 0. The van der Waals surface area contributed by atoms with Gasteiger partial charge in [0.25, 0.3) is 0 Å². The highest BCUT2D eigenvalue weighted by atomic mass is 15.1. The Labute approximate surface area is 361 Å². The van der Waals surface area contributed by atoms with E-state index in [2.05, 4.69) is 252 Å². The largest absolute Gasteiger partial charge is 0.310 e. The number of fused-ring (bicyclic) bond motifs is 2. The highest BCUT2D eigenvalue weighted by Crippen LogP contribution is 2.46. The van der Waals surface area contributed by atoms with Gasteiger partial charge in [-0.3, -0.25) is 0 Å². The third kappa shape index (κ3) is 5.96. The SMILES string of the molecule is c1ccc(N(c2cccc(-c3ccc4ccc5c(-c6cccc(N(c7ccccc7)c7cccc8ccccc78)c6)ccc6ccc3c4c65)c2)c2cccc3ccccc23)cc1. The first-order chi connectivity index (χ1) is 30.8. The summed E-state index contributed by atoms with van der Waals surface area (Å²) in [4.78, 5) is 4.78. The summed E-state index contributed by atoms with van der Waals surface area (Å²) < 4.78 is 0. The fourth-order valence-electron chi connectivity index (χ4n) is 9.74. The highest BCUT2D eigenvalue weighted by molar-refractivity contribution is 6.27. The van der Waals surface area contributed by atoms with Gasteiger partial charge in [0.05, 0.1) is 11.4 Å². The van der Waals surface area contributed by atoms with Crippen LogP contribution in [0.5, 0.6) is 0 Å². The van der Waals surface area contributed by atoms with Gasteiger partial charge < -0.3 is 9.80 Å². The molecule has 0 fully saturated rings. The van der Waals surface area contributed by atoms with E-state index >= 15 is 0 Å². The molecule has 2 heteroatoms. The quantitative estimate of drug-likeness (QED) is 0.142.